The van der Waals surface area contributed by atoms with Crippen LogP contribution >= 0.6 is 0 Å². The monoisotopic (exact) mass is 249 g/mol. The average molecular weight is 249 g/mol. The summed E-state index contributed by atoms with van der Waals surface area (Å²) < 4.78 is 11.2. The van der Waals surface area contributed by atoms with Crippen molar-refractivity contribution in [1.82, 2.24) is 5.32 Å². The van der Waals surface area contributed by atoms with Crippen molar-refractivity contribution in [3.05, 3.63) is 23.8 Å². The van der Waals surface area contributed by atoms with E-state index in [1.54, 1.807) is 0 Å². The van der Waals surface area contributed by atoms with E-state index in [2.05, 4.69) is 5.32 Å². The topological polar surface area (TPSA) is 50.7 Å². The van der Waals surface area contributed by atoms with Crippen molar-refractivity contribution >= 4 is 0 Å². The first-order chi connectivity index (χ1) is 8.83. The van der Waals surface area contributed by atoms with Crippen LogP contribution in [0.2, 0.25) is 0 Å². The molecule has 1 aliphatic heterocycles. The summed E-state index contributed by atoms with van der Waals surface area (Å²) in [6.45, 7) is 1.97. The highest BCUT2D eigenvalue weighted by atomic mass is 16.5. The second-order valence-electron chi connectivity index (χ2n) is 4.95. The molecule has 0 radical (unpaired) electrons. The smallest absolute Gasteiger partial charge is 0.161 e. The molecule has 1 aromatic carbocycles. The van der Waals surface area contributed by atoms with Gasteiger partial charge < -0.3 is 19.9 Å². The van der Waals surface area contributed by atoms with Gasteiger partial charge in [-0.2, -0.15) is 0 Å². The average Bonchev–Trinajstić information content (AvgIpc) is 3.21. The van der Waals surface area contributed by atoms with E-state index in [4.69, 9.17) is 9.47 Å². The first-order valence-electron chi connectivity index (χ1n) is 6.64. The predicted molar refractivity (Wildman–Crippen MR) is 68.0 cm³/mol. The lowest BCUT2D eigenvalue weighted by Crippen LogP contribution is -2.23. The van der Waals surface area contributed by atoms with Gasteiger partial charge in [-0.25, -0.2) is 0 Å². The van der Waals surface area contributed by atoms with Gasteiger partial charge in [-0.3, -0.25) is 0 Å². The Morgan fingerprint density at radius 2 is 2.00 bits per heavy atom. The highest BCUT2D eigenvalue weighted by Gasteiger charge is 2.22. The lowest BCUT2D eigenvalue weighted by atomic mass is 10.1. The maximum atomic E-state index is 10.1. The Labute approximate surface area is 107 Å². The Morgan fingerprint density at radius 3 is 2.78 bits per heavy atom. The standard InChI is InChI=1S/C14H19NO3/c16-12(9-15-11-3-4-11)10-2-5-13-14(8-10)18-7-1-6-17-13/h2,5,8,11-12,15-16H,1,3-4,6-7,9H2. The molecule has 0 amide bonds. The number of rotatable bonds is 4. The molecule has 3 rings (SSSR count). The minimum atomic E-state index is -0.484. The molecule has 1 unspecified atom stereocenters. The molecule has 4 nitrogen and oxygen atoms in total. The van der Waals surface area contributed by atoms with Crippen molar-refractivity contribution in [3.8, 4) is 11.5 Å². The second kappa shape index (κ2) is 5.16. The molecule has 1 aliphatic carbocycles. The van der Waals surface area contributed by atoms with E-state index >= 15 is 0 Å². The molecule has 1 fully saturated rings. The Bertz CT molecular complexity index is 418. The molecule has 2 N–H and O–H groups in total. The lowest BCUT2D eigenvalue weighted by Gasteiger charge is -2.14. The van der Waals surface area contributed by atoms with E-state index < -0.39 is 6.10 Å². The van der Waals surface area contributed by atoms with Crippen LogP contribution in [0, 0.1) is 0 Å². The van der Waals surface area contributed by atoms with Gasteiger partial charge in [0, 0.05) is 19.0 Å². The van der Waals surface area contributed by atoms with Crippen LogP contribution in [0.5, 0.6) is 11.5 Å². The molecule has 0 bridgehead atoms. The fourth-order valence-corrected chi connectivity index (χ4v) is 2.07. The number of ether oxygens (including phenoxy) is 2. The fraction of sp³-hybridized carbons (Fsp3) is 0.571. The van der Waals surface area contributed by atoms with Crippen molar-refractivity contribution in [1.29, 1.82) is 0 Å². The molecule has 1 aromatic rings. The maximum Gasteiger partial charge on any atom is 0.161 e. The van der Waals surface area contributed by atoms with Crippen molar-refractivity contribution in [3.63, 3.8) is 0 Å². The van der Waals surface area contributed by atoms with Crippen LogP contribution in [-0.4, -0.2) is 30.9 Å². The van der Waals surface area contributed by atoms with Gasteiger partial charge in [-0.15, -0.1) is 0 Å². The van der Waals surface area contributed by atoms with E-state index in [0.717, 1.165) is 23.5 Å². The van der Waals surface area contributed by atoms with Crippen LogP contribution in [0.15, 0.2) is 18.2 Å². The van der Waals surface area contributed by atoms with E-state index in [1.165, 1.54) is 12.8 Å². The number of aliphatic hydroxyl groups is 1. The lowest BCUT2D eigenvalue weighted by molar-refractivity contribution is 0.173. The molecule has 0 saturated heterocycles. The number of aliphatic hydroxyl groups excluding tert-OH is 1. The largest absolute Gasteiger partial charge is 0.490 e. The molecule has 18 heavy (non-hydrogen) atoms. The van der Waals surface area contributed by atoms with Gasteiger partial charge in [0.1, 0.15) is 0 Å². The van der Waals surface area contributed by atoms with Gasteiger partial charge in [0.15, 0.2) is 11.5 Å². The Kier molecular flexibility index (Phi) is 3.39. The van der Waals surface area contributed by atoms with Gasteiger partial charge in [-0.1, -0.05) is 6.07 Å². The Hall–Kier alpha value is -1.26. The molecule has 1 heterocycles. The van der Waals surface area contributed by atoms with Crippen LogP contribution in [0.1, 0.15) is 30.9 Å². The Morgan fingerprint density at radius 1 is 1.22 bits per heavy atom. The van der Waals surface area contributed by atoms with Crippen LogP contribution < -0.4 is 14.8 Å². The van der Waals surface area contributed by atoms with Crippen LogP contribution in [0.25, 0.3) is 0 Å². The summed E-state index contributed by atoms with van der Waals surface area (Å²) in [5, 5.41) is 13.4. The summed E-state index contributed by atoms with van der Waals surface area (Å²) in [6, 6.07) is 6.29. The van der Waals surface area contributed by atoms with Gasteiger partial charge >= 0.3 is 0 Å². The molecule has 98 valence electrons. The van der Waals surface area contributed by atoms with E-state index in [-0.39, 0.29) is 0 Å². The number of hydrogen-bond donors (Lipinski definition) is 2. The third-order valence-electron chi connectivity index (χ3n) is 3.33. The van der Waals surface area contributed by atoms with Crippen LogP contribution in [0.4, 0.5) is 0 Å². The summed E-state index contributed by atoms with van der Waals surface area (Å²) in [6.07, 6.45) is 2.88. The summed E-state index contributed by atoms with van der Waals surface area (Å²) in [5.41, 5.74) is 0.882. The van der Waals surface area contributed by atoms with Gasteiger partial charge in [0.2, 0.25) is 0 Å². The van der Waals surface area contributed by atoms with E-state index in [1.807, 2.05) is 18.2 Å². The predicted octanol–water partition coefficient (Wildman–Crippen LogP) is 1.63. The summed E-state index contributed by atoms with van der Waals surface area (Å²) in [4.78, 5) is 0. The molecule has 2 aliphatic rings. The highest BCUT2D eigenvalue weighted by Crippen LogP contribution is 2.32. The third-order valence-corrected chi connectivity index (χ3v) is 3.33. The molecule has 1 saturated carbocycles. The Balaban J connectivity index is 1.69. The number of hydrogen-bond acceptors (Lipinski definition) is 4. The first kappa shape index (κ1) is 11.8. The van der Waals surface area contributed by atoms with Crippen molar-refractivity contribution < 1.29 is 14.6 Å². The molecule has 4 heteroatoms. The van der Waals surface area contributed by atoms with Crippen LogP contribution in [-0.2, 0) is 0 Å². The molecule has 1 atom stereocenters. The van der Waals surface area contributed by atoms with E-state index in [9.17, 15) is 5.11 Å². The molecule has 0 spiro atoms. The van der Waals surface area contributed by atoms with Gasteiger partial charge in [0.25, 0.3) is 0 Å². The highest BCUT2D eigenvalue weighted by molar-refractivity contribution is 5.44. The number of benzene rings is 1. The quantitative estimate of drug-likeness (QED) is 0.851. The van der Waals surface area contributed by atoms with Crippen molar-refractivity contribution in [2.75, 3.05) is 19.8 Å². The second-order valence-corrected chi connectivity index (χ2v) is 4.95. The van der Waals surface area contributed by atoms with Crippen molar-refractivity contribution in [2.24, 2.45) is 0 Å². The van der Waals surface area contributed by atoms with Crippen molar-refractivity contribution in [2.45, 2.75) is 31.4 Å². The van der Waals surface area contributed by atoms with Gasteiger partial charge in [-0.05, 0) is 30.5 Å². The third kappa shape index (κ3) is 2.76. The van der Waals surface area contributed by atoms with E-state index in [0.29, 0.717) is 25.8 Å². The zero-order valence-corrected chi connectivity index (χ0v) is 10.4. The summed E-state index contributed by atoms with van der Waals surface area (Å²) in [5.74, 6) is 1.52. The zero-order chi connectivity index (χ0) is 12.4. The number of fused-ring (bicyclic) bond motifs is 1. The first-order valence-corrected chi connectivity index (χ1v) is 6.64. The zero-order valence-electron chi connectivity index (χ0n) is 10.4. The summed E-state index contributed by atoms with van der Waals surface area (Å²) in [7, 11) is 0. The minimum Gasteiger partial charge on any atom is -0.490 e. The number of nitrogens with one attached hydrogen (secondary N) is 1. The maximum absolute atomic E-state index is 10.1. The molecular formula is C14H19NO3. The normalized spacial score (nSPS) is 20.3. The SMILES string of the molecule is OC(CNC1CC1)c1ccc2c(c1)OCCCO2. The summed E-state index contributed by atoms with van der Waals surface area (Å²) >= 11 is 0. The minimum absolute atomic E-state index is 0.484. The fourth-order valence-electron chi connectivity index (χ4n) is 2.07. The molecule has 0 aromatic heterocycles. The van der Waals surface area contributed by atoms with Gasteiger partial charge in [0.05, 0.1) is 19.3 Å². The van der Waals surface area contributed by atoms with Crippen LogP contribution in [0.3, 0.4) is 0 Å². The molecular weight excluding hydrogens is 230 g/mol.